The summed E-state index contributed by atoms with van der Waals surface area (Å²) < 4.78 is 23.4. The Labute approximate surface area is 207 Å². The molecule has 1 saturated carbocycles. The first kappa shape index (κ1) is 25.1. The maximum Gasteiger partial charge on any atom is 0.315 e. The van der Waals surface area contributed by atoms with Crippen LogP contribution in [-0.4, -0.2) is 38.7 Å². The van der Waals surface area contributed by atoms with Crippen molar-refractivity contribution in [3.8, 4) is 28.4 Å². The van der Waals surface area contributed by atoms with Crippen LogP contribution in [0.25, 0.3) is 11.1 Å². The molecule has 0 aromatic heterocycles. The van der Waals surface area contributed by atoms with E-state index < -0.39 is 5.41 Å². The molecule has 0 spiro atoms. The fraction of sp³-hybridized carbons (Fsp3) is 0.517. The zero-order valence-electron chi connectivity index (χ0n) is 21.3. The molecule has 2 aliphatic carbocycles. The number of Topliss-reactive ketones (excluding diaryl/α,β-unsaturated/α-hetero) is 1. The molecular formula is C29H36O6. The Morgan fingerprint density at radius 3 is 2.31 bits per heavy atom. The summed E-state index contributed by atoms with van der Waals surface area (Å²) in [6, 6.07) is 9.62. The highest BCUT2D eigenvalue weighted by Gasteiger charge is 2.34. The largest absolute Gasteiger partial charge is 0.493 e. The molecule has 0 aliphatic heterocycles. The summed E-state index contributed by atoms with van der Waals surface area (Å²) in [6.45, 7) is 3.82. The van der Waals surface area contributed by atoms with E-state index in [-0.39, 0.29) is 24.5 Å². The molecular weight excluding hydrogens is 444 g/mol. The summed E-state index contributed by atoms with van der Waals surface area (Å²) >= 11 is 0. The molecule has 1 fully saturated rings. The van der Waals surface area contributed by atoms with E-state index in [1.165, 1.54) is 12.8 Å². The Kier molecular flexibility index (Phi) is 7.68. The second-order valence-electron chi connectivity index (χ2n) is 10.2. The topological polar surface area (TPSA) is 71.1 Å². The van der Waals surface area contributed by atoms with Gasteiger partial charge in [-0.3, -0.25) is 9.59 Å². The molecule has 0 saturated heterocycles. The number of rotatable bonds is 8. The van der Waals surface area contributed by atoms with Crippen molar-refractivity contribution in [2.24, 2.45) is 5.41 Å². The molecule has 0 atom stereocenters. The number of hydrogen-bond donors (Lipinski definition) is 0. The van der Waals surface area contributed by atoms with Crippen molar-refractivity contribution in [3.63, 3.8) is 0 Å². The van der Waals surface area contributed by atoms with Gasteiger partial charge in [0.15, 0.2) is 17.3 Å². The number of ether oxygens (including phenoxy) is 4. The van der Waals surface area contributed by atoms with Crippen molar-refractivity contribution in [1.82, 2.24) is 0 Å². The molecule has 2 aromatic rings. The smallest absolute Gasteiger partial charge is 0.315 e. The molecule has 35 heavy (non-hydrogen) atoms. The van der Waals surface area contributed by atoms with Crippen molar-refractivity contribution in [3.05, 3.63) is 41.5 Å². The fourth-order valence-electron chi connectivity index (χ4n) is 4.87. The van der Waals surface area contributed by atoms with Crippen LogP contribution in [0.15, 0.2) is 30.3 Å². The number of esters is 1. The summed E-state index contributed by atoms with van der Waals surface area (Å²) in [4.78, 5) is 25.2. The molecule has 0 radical (unpaired) electrons. The second-order valence-corrected chi connectivity index (χ2v) is 10.2. The minimum atomic E-state index is -0.845. The highest BCUT2D eigenvalue weighted by atomic mass is 16.6. The van der Waals surface area contributed by atoms with Crippen LogP contribution in [0.3, 0.4) is 0 Å². The first-order valence-electron chi connectivity index (χ1n) is 12.6. The molecule has 0 unspecified atom stereocenters. The van der Waals surface area contributed by atoms with Crippen LogP contribution in [0, 0.1) is 5.41 Å². The monoisotopic (exact) mass is 480 g/mol. The number of methoxy groups -OCH3 is 2. The van der Waals surface area contributed by atoms with Crippen molar-refractivity contribution in [1.29, 1.82) is 0 Å². The van der Waals surface area contributed by atoms with E-state index in [0.717, 1.165) is 54.4 Å². The van der Waals surface area contributed by atoms with Crippen LogP contribution in [0.1, 0.15) is 74.7 Å². The van der Waals surface area contributed by atoms with E-state index in [2.05, 4.69) is 0 Å². The normalized spacial score (nSPS) is 16.4. The van der Waals surface area contributed by atoms with Crippen molar-refractivity contribution in [2.45, 2.75) is 71.3 Å². The number of carbonyl (C=O) groups excluding carboxylic acids is 2. The van der Waals surface area contributed by atoms with Crippen LogP contribution >= 0.6 is 0 Å². The quantitative estimate of drug-likeness (QED) is 0.332. The summed E-state index contributed by atoms with van der Waals surface area (Å²) in [5.74, 6) is 1.45. The van der Waals surface area contributed by atoms with Gasteiger partial charge in [0.25, 0.3) is 0 Å². The van der Waals surface area contributed by atoms with Crippen LogP contribution in [0.5, 0.6) is 17.2 Å². The van der Waals surface area contributed by atoms with E-state index in [1.807, 2.05) is 44.2 Å². The lowest BCUT2D eigenvalue weighted by atomic mass is 9.94. The Hall–Kier alpha value is -3.02. The highest BCUT2D eigenvalue weighted by molar-refractivity contribution is 6.01. The third-order valence-corrected chi connectivity index (χ3v) is 7.04. The fourth-order valence-corrected chi connectivity index (χ4v) is 4.87. The van der Waals surface area contributed by atoms with Gasteiger partial charge in [-0.05, 0) is 69.2 Å². The van der Waals surface area contributed by atoms with Gasteiger partial charge in [-0.25, -0.2) is 0 Å². The Morgan fingerprint density at radius 2 is 1.63 bits per heavy atom. The van der Waals surface area contributed by atoms with Gasteiger partial charge in [0.05, 0.1) is 19.6 Å². The maximum absolute atomic E-state index is 13.1. The lowest BCUT2D eigenvalue weighted by molar-refractivity contribution is -0.161. The minimum Gasteiger partial charge on any atom is -0.493 e. The van der Waals surface area contributed by atoms with E-state index in [9.17, 15) is 9.59 Å². The number of ketones is 1. The molecule has 6 nitrogen and oxygen atoms in total. The van der Waals surface area contributed by atoms with Crippen molar-refractivity contribution in [2.75, 3.05) is 20.8 Å². The van der Waals surface area contributed by atoms with Gasteiger partial charge >= 0.3 is 5.97 Å². The Morgan fingerprint density at radius 1 is 0.914 bits per heavy atom. The number of carbonyl (C=O) groups is 2. The summed E-state index contributed by atoms with van der Waals surface area (Å²) in [7, 11) is 3.15. The molecule has 4 rings (SSSR count). The van der Waals surface area contributed by atoms with Crippen molar-refractivity contribution < 1.29 is 28.5 Å². The zero-order valence-corrected chi connectivity index (χ0v) is 21.3. The highest BCUT2D eigenvalue weighted by Crippen LogP contribution is 2.45. The first-order chi connectivity index (χ1) is 16.8. The predicted molar refractivity (Wildman–Crippen MR) is 134 cm³/mol. The number of benzene rings is 2. The van der Waals surface area contributed by atoms with Gasteiger partial charge in [-0.2, -0.15) is 0 Å². The third kappa shape index (κ3) is 5.47. The molecule has 2 aliphatic rings. The molecule has 0 bridgehead atoms. The van der Waals surface area contributed by atoms with E-state index >= 15 is 0 Å². The van der Waals surface area contributed by atoms with Gasteiger partial charge in [-0.1, -0.05) is 31.0 Å². The molecule has 6 heteroatoms. The average molecular weight is 481 g/mol. The Balaban J connectivity index is 1.59. The lowest BCUT2D eigenvalue weighted by Gasteiger charge is -2.27. The number of hydrogen-bond acceptors (Lipinski definition) is 6. The minimum absolute atomic E-state index is 0.0136. The molecule has 0 N–H and O–H groups in total. The maximum atomic E-state index is 13.1. The number of aryl methyl sites for hydroxylation is 1. The molecule has 188 valence electrons. The lowest BCUT2D eigenvalue weighted by Crippen LogP contribution is -2.35. The molecule has 0 amide bonds. The predicted octanol–water partition coefficient (Wildman–Crippen LogP) is 6.17. The third-order valence-electron chi connectivity index (χ3n) is 7.04. The first-order valence-corrected chi connectivity index (χ1v) is 12.6. The second kappa shape index (κ2) is 10.7. The van der Waals surface area contributed by atoms with Crippen LogP contribution in [-0.2, 0) is 16.0 Å². The van der Waals surface area contributed by atoms with Gasteiger partial charge in [0.2, 0.25) is 5.75 Å². The zero-order chi connectivity index (χ0) is 25.0. The van der Waals surface area contributed by atoms with Gasteiger partial charge < -0.3 is 18.9 Å². The number of fused-ring (bicyclic) bond motifs is 1. The van der Waals surface area contributed by atoms with E-state index in [0.29, 0.717) is 23.7 Å². The summed E-state index contributed by atoms with van der Waals surface area (Å²) in [5.41, 5.74) is 2.73. The van der Waals surface area contributed by atoms with Crippen LogP contribution in [0.2, 0.25) is 0 Å². The van der Waals surface area contributed by atoms with Crippen LogP contribution < -0.4 is 14.2 Å². The van der Waals surface area contributed by atoms with Gasteiger partial charge in [0.1, 0.15) is 12.7 Å². The standard InChI is InChI=1S/C29H36O6/c1-29(2,28(31)35-21-9-7-5-6-8-10-21)18-34-26-23(14-16-25(32-3)27(26)33-4)20-11-13-22-19(17-20)12-15-24(22)30/h11,13-14,16-17,21H,5-10,12,15,18H2,1-4H3. The summed E-state index contributed by atoms with van der Waals surface area (Å²) in [6.07, 6.45) is 7.74. The average Bonchev–Trinajstić information content (AvgIpc) is 3.04. The SMILES string of the molecule is COc1ccc(-c2ccc3c(c2)CCC3=O)c(OCC(C)(C)C(=O)OC2CCCCCC2)c1OC. The van der Waals surface area contributed by atoms with E-state index in [1.54, 1.807) is 14.2 Å². The van der Waals surface area contributed by atoms with E-state index in [4.69, 9.17) is 18.9 Å². The molecule has 0 heterocycles. The summed E-state index contributed by atoms with van der Waals surface area (Å²) in [5, 5.41) is 0. The van der Waals surface area contributed by atoms with Gasteiger partial charge in [-0.15, -0.1) is 0 Å². The van der Waals surface area contributed by atoms with Crippen LogP contribution in [0.4, 0.5) is 0 Å². The van der Waals surface area contributed by atoms with Crippen molar-refractivity contribution >= 4 is 11.8 Å². The molecule has 2 aromatic carbocycles. The Bertz CT molecular complexity index is 1080. The van der Waals surface area contributed by atoms with Gasteiger partial charge in [0, 0.05) is 17.5 Å².